The SMILES string of the molecule is CC(C)C(N)CCN(C)S(=O)(=O)CCC1CC1. The first-order chi connectivity index (χ1) is 7.83. The van der Waals surface area contributed by atoms with Crippen molar-refractivity contribution in [3.8, 4) is 0 Å². The van der Waals surface area contributed by atoms with Crippen molar-refractivity contribution in [2.24, 2.45) is 17.6 Å². The van der Waals surface area contributed by atoms with Gasteiger partial charge in [-0.05, 0) is 24.7 Å². The van der Waals surface area contributed by atoms with E-state index in [-0.39, 0.29) is 6.04 Å². The Balaban J connectivity index is 2.31. The number of hydrogen-bond acceptors (Lipinski definition) is 3. The van der Waals surface area contributed by atoms with Gasteiger partial charge in [0.25, 0.3) is 0 Å². The van der Waals surface area contributed by atoms with Gasteiger partial charge in [-0.25, -0.2) is 12.7 Å². The van der Waals surface area contributed by atoms with E-state index in [4.69, 9.17) is 5.73 Å². The fraction of sp³-hybridized carbons (Fsp3) is 1.00. The molecule has 1 atom stereocenters. The average molecular weight is 262 g/mol. The zero-order chi connectivity index (χ0) is 13.1. The molecule has 1 aliphatic carbocycles. The summed E-state index contributed by atoms with van der Waals surface area (Å²) in [6.07, 6.45) is 3.97. The molecule has 2 N–H and O–H groups in total. The molecule has 0 saturated heterocycles. The van der Waals surface area contributed by atoms with Crippen molar-refractivity contribution in [1.29, 1.82) is 0 Å². The van der Waals surface area contributed by atoms with Crippen LogP contribution in [0.15, 0.2) is 0 Å². The van der Waals surface area contributed by atoms with Crippen LogP contribution in [0.1, 0.15) is 39.5 Å². The molecule has 1 unspecified atom stereocenters. The highest BCUT2D eigenvalue weighted by atomic mass is 32.2. The molecule has 0 aromatic rings. The summed E-state index contributed by atoms with van der Waals surface area (Å²) in [5.74, 6) is 1.36. The lowest BCUT2D eigenvalue weighted by Crippen LogP contribution is -2.35. The molecule has 4 nitrogen and oxygen atoms in total. The fourth-order valence-electron chi connectivity index (χ4n) is 1.68. The minimum Gasteiger partial charge on any atom is -0.327 e. The van der Waals surface area contributed by atoms with E-state index in [9.17, 15) is 8.42 Å². The highest BCUT2D eigenvalue weighted by Gasteiger charge is 2.26. The number of sulfonamides is 1. The molecular formula is C12H26N2O2S. The summed E-state index contributed by atoms with van der Waals surface area (Å²) in [4.78, 5) is 0. The summed E-state index contributed by atoms with van der Waals surface area (Å²) in [5, 5.41) is 0. The van der Waals surface area contributed by atoms with Gasteiger partial charge < -0.3 is 5.73 Å². The monoisotopic (exact) mass is 262 g/mol. The largest absolute Gasteiger partial charge is 0.327 e. The van der Waals surface area contributed by atoms with Gasteiger partial charge in [-0.1, -0.05) is 26.7 Å². The lowest BCUT2D eigenvalue weighted by Gasteiger charge is -2.21. The van der Waals surface area contributed by atoms with Crippen LogP contribution >= 0.6 is 0 Å². The molecule has 102 valence electrons. The first-order valence-corrected chi connectivity index (χ1v) is 8.13. The van der Waals surface area contributed by atoms with Gasteiger partial charge in [0.05, 0.1) is 5.75 Å². The third-order valence-corrected chi connectivity index (χ3v) is 5.47. The second-order valence-corrected chi connectivity index (χ2v) is 7.76. The number of nitrogens with zero attached hydrogens (tertiary/aromatic N) is 1. The summed E-state index contributed by atoms with van der Waals surface area (Å²) in [6, 6.07) is 0.0797. The summed E-state index contributed by atoms with van der Waals surface area (Å²) in [7, 11) is -1.40. The molecular weight excluding hydrogens is 236 g/mol. The highest BCUT2D eigenvalue weighted by Crippen LogP contribution is 2.32. The van der Waals surface area contributed by atoms with E-state index in [1.807, 2.05) is 0 Å². The van der Waals surface area contributed by atoms with E-state index in [1.165, 1.54) is 17.1 Å². The number of rotatable bonds is 8. The normalized spacial score (nSPS) is 18.9. The smallest absolute Gasteiger partial charge is 0.213 e. The van der Waals surface area contributed by atoms with Gasteiger partial charge in [0, 0.05) is 19.6 Å². The lowest BCUT2D eigenvalue weighted by molar-refractivity contribution is 0.397. The zero-order valence-corrected chi connectivity index (χ0v) is 12.0. The van der Waals surface area contributed by atoms with Gasteiger partial charge >= 0.3 is 0 Å². The predicted molar refractivity (Wildman–Crippen MR) is 71.2 cm³/mol. The molecule has 0 aromatic carbocycles. The standard InChI is InChI=1S/C12H26N2O2S/c1-10(2)12(13)6-8-14(3)17(15,16)9-7-11-4-5-11/h10-12H,4-9,13H2,1-3H3. The quantitative estimate of drug-likeness (QED) is 0.719. The molecule has 17 heavy (non-hydrogen) atoms. The second kappa shape index (κ2) is 6.16. The minimum atomic E-state index is -3.06. The Morgan fingerprint density at radius 3 is 2.41 bits per heavy atom. The van der Waals surface area contributed by atoms with Crippen molar-refractivity contribution in [3.63, 3.8) is 0 Å². The van der Waals surface area contributed by atoms with Crippen LogP contribution in [-0.4, -0.2) is 38.1 Å². The van der Waals surface area contributed by atoms with Crippen molar-refractivity contribution in [2.75, 3.05) is 19.3 Å². The van der Waals surface area contributed by atoms with E-state index in [0.717, 1.165) is 12.8 Å². The molecule has 0 radical (unpaired) electrons. The van der Waals surface area contributed by atoms with Crippen molar-refractivity contribution in [1.82, 2.24) is 4.31 Å². The topological polar surface area (TPSA) is 63.4 Å². The summed E-state index contributed by atoms with van der Waals surface area (Å²) >= 11 is 0. The Hall–Kier alpha value is -0.130. The lowest BCUT2D eigenvalue weighted by atomic mass is 10.0. The maximum absolute atomic E-state index is 11.9. The molecule has 5 heteroatoms. The van der Waals surface area contributed by atoms with Gasteiger partial charge in [-0.3, -0.25) is 0 Å². The van der Waals surface area contributed by atoms with Gasteiger partial charge in [0.15, 0.2) is 0 Å². The van der Waals surface area contributed by atoms with Crippen molar-refractivity contribution >= 4 is 10.0 Å². The van der Waals surface area contributed by atoms with Crippen molar-refractivity contribution in [3.05, 3.63) is 0 Å². The van der Waals surface area contributed by atoms with E-state index in [1.54, 1.807) is 7.05 Å². The molecule has 0 spiro atoms. The Kier molecular flexibility index (Phi) is 5.41. The van der Waals surface area contributed by atoms with Crippen LogP contribution in [0.2, 0.25) is 0 Å². The van der Waals surface area contributed by atoms with Crippen molar-refractivity contribution in [2.45, 2.75) is 45.6 Å². The van der Waals surface area contributed by atoms with E-state index in [2.05, 4.69) is 13.8 Å². The number of nitrogens with two attached hydrogens (primary N) is 1. The van der Waals surface area contributed by atoms with Crippen molar-refractivity contribution < 1.29 is 8.42 Å². The molecule has 1 aliphatic rings. The van der Waals surface area contributed by atoms with Crippen LogP contribution in [0.3, 0.4) is 0 Å². The maximum atomic E-state index is 11.9. The van der Waals surface area contributed by atoms with Crippen LogP contribution in [-0.2, 0) is 10.0 Å². The predicted octanol–water partition coefficient (Wildman–Crippen LogP) is 1.42. The van der Waals surface area contributed by atoms with Crippen LogP contribution in [0, 0.1) is 11.8 Å². The fourth-order valence-corrected chi connectivity index (χ4v) is 3.01. The average Bonchev–Trinajstić information content (AvgIpc) is 3.06. The van der Waals surface area contributed by atoms with Gasteiger partial charge in [0.2, 0.25) is 10.0 Å². The molecule has 0 amide bonds. The first-order valence-electron chi connectivity index (χ1n) is 6.52. The third-order valence-electron chi connectivity index (χ3n) is 3.59. The van der Waals surface area contributed by atoms with Gasteiger partial charge in [0.1, 0.15) is 0 Å². The highest BCUT2D eigenvalue weighted by molar-refractivity contribution is 7.89. The van der Waals surface area contributed by atoms with Crippen LogP contribution in [0.5, 0.6) is 0 Å². The van der Waals surface area contributed by atoms with E-state index < -0.39 is 10.0 Å². The van der Waals surface area contributed by atoms with Crippen LogP contribution < -0.4 is 5.73 Å². The Bertz CT molecular complexity index is 323. The summed E-state index contributed by atoms with van der Waals surface area (Å²) in [6.45, 7) is 4.66. The number of hydrogen-bond donors (Lipinski definition) is 1. The van der Waals surface area contributed by atoms with E-state index in [0.29, 0.717) is 24.1 Å². The first kappa shape index (κ1) is 14.9. The van der Waals surface area contributed by atoms with Gasteiger partial charge in [-0.15, -0.1) is 0 Å². The minimum absolute atomic E-state index is 0.0797. The Morgan fingerprint density at radius 2 is 1.94 bits per heavy atom. The van der Waals surface area contributed by atoms with Crippen LogP contribution in [0.25, 0.3) is 0 Å². The molecule has 0 aromatic heterocycles. The maximum Gasteiger partial charge on any atom is 0.213 e. The molecule has 1 saturated carbocycles. The van der Waals surface area contributed by atoms with E-state index >= 15 is 0 Å². The van der Waals surface area contributed by atoms with Crippen LogP contribution in [0.4, 0.5) is 0 Å². The Morgan fingerprint density at radius 1 is 1.35 bits per heavy atom. The summed E-state index contributed by atoms with van der Waals surface area (Å²) < 4.78 is 25.3. The zero-order valence-electron chi connectivity index (χ0n) is 11.2. The van der Waals surface area contributed by atoms with Gasteiger partial charge in [-0.2, -0.15) is 0 Å². The molecule has 0 aliphatic heterocycles. The molecule has 1 fully saturated rings. The third kappa shape index (κ3) is 5.36. The molecule has 0 heterocycles. The molecule has 0 bridgehead atoms. The summed E-state index contributed by atoms with van der Waals surface area (Å²) in [5.41, 5.74) is 5.92. The Labute approximate surface area is 106 Å². The molecule has 1 rings (SSSR count). The second-order valence-electron chi connectivity index (χ2n) is 5.57.